The molecule has 0 atom stereocenters. The van der Waals surface area contributed by atoms with E-state index in [4.69, 9.17) is 16.0 Å². The molecule has 0 radical (unpaired) electrons. The Bertz CT molecular complexity index is 1120. The third-order valence-corrected chi connectivity index (χ3v) is 6.17. The number of amides is 2. The molecule has 3 aromatic heterocycles. The Morgan fingerprint density at radius 1 is 1.09 bits per heavy atom. The van der Waals surface area contributed by atoms with E-state index < -0.39 is 5.91 Å². The summed E-state index contributed by atoms with van der Waals surface area (Å²) in [5.41, 5.74) is 1.14. The average molecular weight is 470 g/mol. The highest BCUT2D eigenvalue weighted by Gasteiger charge is 2.27. The molecule has 0 bridgehead atoms. The minimum Gasteiger partial charge on any atom is -0.447 e. The molecule has 33 heavy (non-hydrogen) atoms. The van der Waals surface area contributed by atoms with Gasteiger partial charge in [0.05, 0.1) is 5.02 Å². The predicted octanol–water partition coefficient (Wildman–Crippen LogP) is 4.83. The summed E-state index contributed by atoms with van der Waals surface area (Å²) in [6.07, 6.45) is 7.78. The molecule has 4 rings (SSSR count). The van der Waals surface area contributed by atoms with Crippen LogP contribution in [0.25, 0.3) is 11.1 Å². The quantitative estimate of drug-likeness (QED) is 0.514. The number of aromatic nitrogens is 2. The van der Waals surface area contributed by atoms with E-state index in [1.165, 1.54) is 6.20 Å². The highest BCUT2D eigenvalue weighted by atomic mass is 35.5. The van der Waals surface area contributed by atoms with Crippen LogP contribution in [-0.4, -0.2) is 47.3 Å². The lowest BCUT2D eigenvalue weighted by Crippen LogP contribution is -2.27. The van der Waals surface area contributed by atoms with Crippen LogP contribution in [-0.2, 0) is 4.79 Å². The molecule has 1 saturated carbocycles. The second kappa shape index (κ2) is 10.3. The molecule has 3 heterocycles. The Labute approximate surface area is 197 Å². The summed E-state index contributed by atoms with van der Waals surface area (Å²) in [4.78, 5) is 36.4. The molecule has 0 unspecified atom stereocenters. The van der Waals surface area contributed by atoms with Gasteiger partial charge in [-0.3, -0.25) is 14.6 Å². The first-order chi connectivity index (χ1) is 15.9. The topological polar surface area (TPSA) is 100 Å². The van der Waals surface area contributed by atoms with Crippen molar-refractivity contribution in [2.45, 2.75) is 32.1 Å². The minimum absolute atomic E-state index is 0.0107. The van der Waals surface area contributed by atoms with Crippen LogP contribution in [0.2, 0.25) is 5.02 Å². The smallest absolute Gasteiger partial charge is 0.294 e. The lowest BCUT2D eigenvalue weighted by molar-refractivity contribution is -0.117. The van der Waals surface area contributed by atoms with Gasteiger partial charge in [0.2, 0.25) is 11.7 Å². The SMILES string of the molecule is CN(C)CC1CCC(CC(=O)Nc2c(C(=O)Nc3ccc(Cl)cn3)oc3cccnc23)CC1. The van der Waals surface area contributed by atoms with Gasteiger partial charge < -0.3 is 20.0 Å². The molecule has 0 spiro atoms. The zero-order valence-corrected chi connectivity index (χ0v) is 19.6. The van der Waals surface area contributed by atoms with Crippen LogP contribution in [0.3, 0.4) is 0 Å². The van der Waals surface area contributed by atoms with E-state index in [1.54, 1.807) is 30.5 Å². The molecule has 0 aromatic carbocycles. The maximum Gasteiger partial charge on any atom is 0.294 e. The van der Waals surface area contributed by atoms with Crippen LogP contribution >= 0.6 is 11.6 Å². The molecular weight excluding hydrogens is 442 g/mol. The first-order valence-corrected chi connectivity index (χ1v) is 11.5. The van der Waals surface area contributed by atoms with E-state index in [9.17, 15) is 9.59 Å². The second-order valence-corrected chi connectivity index (χ2v) is 9.31. The van der Waals surface area contributed by atoms with E-state index >= 15 is 0 Å². The van der Waals surface area contributed by atoms with Gasteiger partial charge >= 0.3 is 0 Å². The molecule has 2 amide bonds. The largest absolute Gasteiger partial charge is 0.447 e. The number of furan rings is 1. The number of anilines is 2. The molecule has 2 N–H and O–H groups in total. The highest BCUT2D eigenvalue weighted by molar-refractivity contribution is 6.30. The number of hydrogen-bond acceptors (Lipinski definition) is 6. The van der Waals surface area contributed by atoms with Gasteiger partial charge in [-0.2, -0.15) is 0 Å². The lowest BCUT2D eigenvalue weighted by Gasteiger charge is -2.29. The number of fused-ring (bicyclic) bond motifs is 1. The number of pyridine rings is 2. The number of rotatable bonds is 7. The number of hydrogen-bond donors (Lipinski definition) is 2. The Hall–Kier alpha value is -2.97. The van der Waals surface area contributed by atoms with Gasteiger partial charge in [-0.15, -0.1) is 0 Å². The van der Waals surface area contributed by atoms with Gasteiger partial charge in [0, 0.05) is 25.4 Å². The first-order valence-electron chi connectivity index (χ1n) is 11.1. The van der Waals surface area contributed by atoms with Crippen molar-refractivity contribution >= 4 is 46.0 Å². The molecule has 1 aliphatic carbocycles. The summed E-state index contributed by atoms with van der Waals surface area (Å²) < 4.78 is 5.75. The molecule has 1 aliphatic rings. The molecule has 8 nitrogen and oxygen atoms in total. The van der Waals surface area contributed by atoms with Gasteiger partial charge in [-0.25, -0.2) is 4.98 Å². The fraction of sp³-hybridized carbons (Fsp3) is 0.417. The minimum atomic E-state index is -0.526. The van der Waals surface area contributed by atoms with E-state index in [0.717, 1.165) is 32.2 Å². The molecule has 174 valence electrons. The summed E-state index contributed by atoms with van der Waals surface area (Å²) in [7, 11) is 4.19. The Kier molecular flexibility index (Phi) is 7.25. The van der Waals surface area contributed by atoms with Crippen molar-refractivity contribution in [1.82, 2.24) is 14.9 Å². The standard InChI is InChI=1S/C24H28ClN5O3/c1-30(2)14-16-7-5-15(6-8-16)12-20(31)29-22-21-18(4-3-11-26-21)33-23(22)24(32)28-19-10-9-17(25)13-27-19/h3-4,9-11,13,15-16H,5-8,12,14H2,1-2H3,(H,29,31)(H,27,28,32). The van der Waals surface area contributed by atoms with Crippen molar-refractivity contribution in [2.75, 3.05) is 31.3 Å². The van der Waals surface area contributed by atoms with E-state index in [-0.39, 0.29) is 17.4 Å². The van der Waals surface area contributed by atoms with Crippen molar-refractivity contribution in [3.8, 4) is 0 Å². The van der Waals surface area contributed by atoms with Gasteiger partial charge in [-0.05, 0) is 75.9 Å². The van der Waals surface area contributed by atoms with Gasteiger partial charge in [0.15, 0.2) is 5.58 Å². The molecule has 0 saturated heterocycles. The summed E-state index contributed by atoms with van der Waals surface area (Å²) in [6.45, 7) is 1.09. The normalized spacial score (nSPS) is 18.4. The van der Waals surface area contributed by atoms with E-state index in [1.807, 2.05) is 0 Å². The maximum absolute atomic E-state index is 12.9. The fourth-order valence-corrected chi connectivity index (χ4v) is 4.53. The first kappa shape index (κ1) is 23.2. The fourth-order valence-electron chi connectivity index (χ4n) is 4.42. The average Bonchev–Trinajstić information content (AvgIpc) is 3.15. The monoisotopic (exact) mass is 469 g/mol. The molecule has 1 fully saturated rings. The van der Waals surface area contributed by atoms with Crippen LogP contribution in [0.4, 0.5) is 11.5 Å². The molecule has 3 aromatic rings. The number of carbonyl (C=O) groups is 2. The van der Waals surface area contributed by atoms with E-state index in [2.05, 4.69) is 39.6 Å². The van der Waals surface area contributed by atoms with Gasteiger partial charge in [-0.1, -0.05) is 11.6 Å². The Morgan fingerprint density at radius 3 is 2.55 bits per heavy atom. The van der Waals surface area contributed by atoms with Crippen molar-refractivity contribution < 1.29 is 14.0 Å². The number of nitrogens with one attached hydrogen (secondary N) is 2. The number of carbonyl (C=O) groups excluding carboxylic acids is 2. The van der Waals surface area contributed by atoms with Crippen LogP contribution in [0.5, 0.6) is 0 Å². The van der Waals surface area contributed by atoms with Crippen LogP contribution in [0.15, 0.2) is 41.1 Å². The lowest BCUT2D eigenvalue weighted by atomic mass is 9.80. The second-order valence-electron chi connectivity index (χ2n) is 8.87. The zero-order valence-electron chi connectivity index (χ0n) is 18.8. The van der Waals surface area contributed by atoms with Gasteiger partial charge in [0.1, 0.15) is 17.0 Å². The number of nitrogens with zero attached hydrogens (tertiary/aromatic N) is 3. The van der Waals surface area contributed by atoms with Crippen LogP contribution < -0.4 is 10.6 Å². The van der Waals surface area contributed by atoms with Crippen molar-refractivity contribution in [2.24, 2.45) is 11.8 Å². The summed E-state index contributed by atoms with van der Waals surface area (Å²) in [5, 5.41) is 6.03. The molecule has 9 heteroatoms. The third kappa shape index (κ3) is 5.89. The van der Waals surface area contributed by atoms with Crippen LogP contribution in [0, 0.1) is 11.8 Å². The third-order valence-electron chi connectivity index (χ3n) is 5.95. The molecular formula is C24H28ClN5O3. The maximum atomic E-state index is 12.9. The number of halogens is 1. The molecule has 0 aliphatic heterocycles. The van der Waals surface area contributed by atoms with Crippen LogP contribution in [0.1, 0.15) is 42.7 Å². The van der Waals surface area contributed by atoms with Crippen molar-refractivity contribution in [3.63, 3.8) is 0 Å². The van der Waals surface area contributed by atoms with Crippen molar-refractivity contribution in [1.29, 1.82) is 0 Å². The van der Waals surface area contributed by atoms with Gasteiger partial charge in [0.25, 0.3) is 5.91 Å². The van der Waals surface area contributed by atoms with E-state index in [0.29, 0.717) is 40.2 Å². The Morgan fingerprint density at radius 2 is 1.85 bits per heavy atom. The Balaban J connectivity index is 1.46. The highest BCUT2D eigenvalue weighted by Crippen LogP contribution is 2.33. The van der Waals surface area contributed by atoms with Crippen molar-refractivity contribution in [3.05, 3.63) is 47.4 Å². The predicted molar refractivity (Wildman–Crippen MR) is 128 cm³/mol. The summed E-state index contributed by atoms with van der Waals surface area (Å²) in [5.74, 6) is 0.677. The summed E-state index contributed by atoms with van der Waals surface area (Å²) in [6, 6.07) is 6.64. The summed E-state index contributed by atoms with van der Waals surface area (Å²) >= 11 is 5.86. The zero-order chi connectivity index (χ0) is 23.4.